The predicted octanol–water partition coefficient (Wildman–Crippen LogP) is 6.53. The maximum atomic E-state index is 13.4. The SMILES string of the molecule is CCCC.CCSc1cc2c(cc1O/C=C/C=O)SN(C)CCN2c1ccc(F)cc1.CO. The second-order valence-electron chi connectivity index (χ2n) is 6.85. The Balaban J connectivity index is 0.000000820. The summed E-state index contributed by atoms with van der Waals surface area (Å²) in [6, 6.07) is 10.7. The van der Waals surface area contributed by atoms with Gasteiger partial charge in [-0.3, -0.25) is 4.79 Å². The van der Waals surface area contributed by atoms with E-state index in [0.717, 1.165) is 52.9 Å². The van der Waals surface area contributed by atoms with Gasteiger partial charge >= 0.3 is 0 Å². The summed E-state index contributed by atoms with van der Waals surface area (Å²) in [5.74, 6) is 1.38. The van der Waals surface area contributed by atoms with E-state index < -0.39 is 0 Å². The van der Waals surface area contributed by atoms with Crippen LogP contribution in [0, 0.1) is 5.82 Å². The molecule has 33 heavy (non-hydrogen) atoms. The zero-order valence-electron chi connectivity index (χ0n) is 20.1. The minimum atomic E-state index is -0.242. The number of carbonyl (C=O) groups excluding carboxylic acids is 1. The van der Waals surface area contributed by atoms with Crippen LogP contribution in [0.3, 0.4) is 0 Å². The van der Waals surface area contributed by atoms with Gasteiger partial charge in [-0.1, -0.05) is 33.6 Å². The van der Waals surface area contributed by atoms with Crippen LogP contribution in [0.25, 0.3) is 0 Å². The van der Waals surface area contributed by atoms with Crippen LogP contribution >= 0.6 is 23.7 Å². The molecule has 1 heterocycles. The molecule has 8 heteroatoms. The van der Waals surface area contributed by atoms with Crippen molar-refractivity contribution in [2.24, 2.45) is 0 Å². The molecular formula is C25H35FN2O3S2. The van der Waals surface area contributed by atoms with E-state index in [1.807, 2.05) is 13.1 Å². The number of aliphatic hydroxyl groups excluding tert-OH is 1. The molecule has 0 aliphatic carbocycles. The summed E-state index contributed by atoms with van der Waals surface area (Å²) in [4.78, 5) is 14.8. The van der Waals surface area contributed by atoms with E-state index in [9.17, 15) is 9.18 Å². The number of thioether (sulfide) groups is 1. The first-order valence-corrected chi connectivity index (χ1v) is 12.7. The average Bonchev–Trinajstić information content (AvgIpc) is 2.99. The van der Waals surface area contributed by atoms with Crippen molar-refractivity contribution in [2.45, 2.75) is 43.4 Å². The third-order valence-electron chi connectivity index (χ3n) is 4.50. The molecule has 0 bridgehead atoms. The van der Waals surface area contributed by atoms with Crippen LogP contribution in [-0.2, 0) is 4.79 Å². The number of anilines is 2. The van der Waals surface area contributed by atoms with E-state index >= 15 is 0 Å². The van der Waals surface area contributed by atoms with Gasteiger partial charge in [0.1, 0.15) is 17.9 Å². The molecule has 1 aliphatic heterocycles. The normalized spacial score (nSPS) is 13.2. The lowest BCUT2D eigenvalue weighted by Gasteiger charge is -2.25. The maximum Gasteiger partial charge on any atom is 0.145 e. The summed E-state index contributed by atoms with van der Waals surface area (Å²) in [6.07, 6.45) is 6.06. The molecule has 182 valence electrons. The van der Waals surface area contributed by atoms with E-state index in [2.05, 4.69) is 36.0 Å². The second-order valence-corrected chi connectivity index (χ2v) is 9.40. The van der Waals surface area contributed by atoms with E-state index in [1.54, 1.807) is 35.8 Å². The van der Waals surface area contributed by atoms with Gasteiger partial charge < -0.3 is 14.7 Å². The average molecular weight is 495 g/mol. The van der Waals surface area contributed by atoms with Gasteiger partial charge in [0.25, 0.3) is 0 Å². The number of aliphatic hydroxyl groups is 1. The Kier molecular flexibility index (Phi) is 14.6. The molecule has 0 aromatic heterocycles. The Morgan fingerprint density at radius 3 is 2.36 bits per heavy atom. The number of aldehydes is 1. The molecular weight excluding hydrogens is 459 g/mol. The predicted molar refractivity (Wildman–Crippen MR) is 139 cm³/mol. The number of hydrogen-bond acceptors (Lipinski definition) is 7. The number of nitrogens with zero attached hydrogens (tertiary/aromatic N) is 2. The van der Waals surface area contributed by atoms with Crippen LogP contribution in [0.2, 0.25) is 0 Å². The van der Waals surface area contributed by atoms with Crippen molar-refractivity contribution in [1.82, 2.24) is 4.31 Å². The van der Waals surface area contributed by atoms with Crippen molar-refractivity contribution in [3.8, 4) is 5.75 Å². The van der Waals surface area contributed by atoms with Crippen LogP contribution in [-0.4, -0.2) is 48.7 Å². The van der Waals surface area contributed by atoms with Crippen molar-refractivity contribution in [3.05, 3.63) is 54.6 Å². The highest BCUT2D eigenvalue weighted by molar-refractivity contribution is 7.99. The largest absolute Gasteiger partial charge is 0.464 e. The first-order chi connectivity index (χ1) is 16.0. The highest BCUT2D eigenvalue weighted by atomic mass is 32.2. The van der Waals surface area contributed by atoms with Gasteiger partial charge in [0, 0.05) is 32.0 Å². The highest BCUT2D eigenvalue weighted by Crippen LogP contribution is 2.44. The fourth-order valence-electron chi connectivity index (χ4n) is 2.78. The summed E-state index contributed by atoms with van der Waals surface area (Å²) in [5.41, 5.74) is 2.02. The molecule has 2 aromatic rings. The fraction of sp³-hybridized carbons (Fsp3) is 0.400. The molecule has 0 amide bonds. The molecule has 3 rings (SSSR count). The molecule has 0 saturated heterocycles. The zero-order valence-corrected chi connectivity index (χ0v) is 21.7. The first-order valence-electron chi connectivity index (χ1n) is 11.0. The van der Waals surface area contributed by atoms with Crippen LogP contribution in [0.1, 0.15) is 33.6 Å². The summed E-state index contributed by atoms with van der Waals surface area (Å²) in [7, 11) is 3.05. The van der Waals surface area contributed by atoms with Gasteiger partial charge in [0.05, 0.1) is 21.7 Å². The summed E-state index contributed by atoms with van der Waals surface area (Å²) in [5, 5.41) is 7.00. The molecule has 1 N–H and O–H groups in total. The maximum absolute atomic E-state index is 13.4. The molecule has 0 spiro atoms. The number of unbranched alkanes of at least 4 members (excludes halogenated alkanes) is 1. The summed E-state index contributed by atoms with van der Waals surface area (Å²) < 4.78 is 21.2. The number of fused-ring (bicyclic) bond motifs is 1. The Morgan fingerprint density at radius 2 is 1.79 bits per heavy atom. The Hall–Kier alpha value is -2.00. The fourth-order valence-corrected chi connectivity index (χ4v) is 4.47. The van der Waals surface area contributed by atoms with Crippen LogP contribution < -0.4 is 9.64 Å². The minimum absolute atomic E-state index is 0.242. The number of likely N-dealkylation sites (N-methyl/N-ethyl adjacent to an activating group) is 1. The van der Waals surface area contributed by atoms with Crippen LogP contribution in [0.4, 0.5) is 15.8 Å². The molecule has 0 saturated carbocycles. The van der Waals surface area contributed by atoms with E-state index in [1.165, 1.54) is 37.3 Å². The number of carbonyl (C=O) groups is 1. The molecule has 0 fully saturated rings. The van der Waals surface area contributed by atoms with E-state index in [0.29, 0.717) is 6.29 Å². The molecule has 0 atom stereocenters. The van der Waals surface area contributed by atoms with Crippen molar-refractivity contribution < 1.29 is 19.0 Å². The van der Waals surface area contributed by atoms with Crippen molar-refractivity contribution in [1.29, 1.82) is 0 Å². The van der Waals surface area contributed by atoms with Gasteiger partial charge in [-0.2, -0.15) is 0 Å². The van der Waals surface area contributed by atoms with E-state index in [4.69, 9.17) is 9.84 Å². The molecule has 0 radical (unpaired) electrons. The van der Waals surface area contributed by atoms with Gasteiger partial charge in [-0.25, -0.2) is 8.70 Å². The molecule has 2 aromatic carbocycles. The Bertz CT molecular complexity index is 861. The Labute approximate surface area is 206 Å². The smallest absolute Gasteiger partial charge is 0.145 e. The van der Waals surface area contributed by atoms with Gasteiger partial charge in [0.15, 0.2) is 0 Å². The lowest BCUT2D eigenvalue weighted by molar-refractivity contribution is -0.104. The second kappa shape index (κ2) is 16.6. The van der Waals surface area contributed by atoms with Gasteiger partial charge in [0.2, 0.25) is 0 Å². The zero-order chi connectivity index (χ0) is 24.6. The summed E-state index contributed by atoms with van der Waals surface area (Å²) >= 11 is 3.33. The first kappa shape index (κ1) is 29.0. The number of benzene rings is 2. The standard InChI is InChI=1S/C20H21FN2O2S2.C4H10.CH4O/c1-3-26-20-13-17-19(14-18(20)25-12-4-11-24)27-22(2)9-10-23(17)16-7-5-15(21)6-8-16;1-3-4-2;1-2/h4-8,11-14H,3,9-10H2,1-2H3;3-4H2,1-2H3;2H,1H3/b12-4+;;. The number of ether oxygens (including phenoxy) is 1. The minimum Gasteiger partial charge on any atom is -0.464 e. The monoisotopic (exact) mass is 494 g/mol. The van der Waals surface area contributed by atoms with Crippen LogP contribution in [0.15, 0.2) is 58.5 Å². The highest BCUT2D eigenvalue weighted by Gasteiger charge is 2.23. The topological polar surface area (TPSA) is 53.0 Å². The third-order valence-corrected chi connectivity index (χ3v) is 6.44. The van der Waals surface area contributed by atoms with Crippen molar-refractivity contribution in [2.75, 3.05) is 37.9 Å². The number of halogens is 1. The molecule has 1 aliphatic rings. The lowest BCUT2D eigenvalue weighted by Crippen LogP contribution is -2.24. The number of allylic oxidation sites excluding steroid dienone is 1. The Morgan fingerprint density at radius 1 is 1.12 bits per heavy atom. The van der Waals surface area contributed by atoms with Crippen molar-refractivity contribution >= 4 is 41.4 Å². The van der Waals surface area contributed by atoms with Gasteiger partial charge in [-0.15, -0.1) is 11.8 Å². The van der Waals surface area contributed by atoms with Gasteiger partial charge in [-0.05, 0) is 61.1 Å². The molecule has 5 nitrogen and oxygen atoms in total. The third kappa shape index (κ3) is 9.41. The molecule has 0 unspecified atom stereocenters. The van der Waals surface area contributed by atoms with E-state index in [-0.39, 0.29) is 5.82 Å². The number of hydrogen-bond donors (Lipinski definition) is 1. The number of rotatable bonds is 7. The van der Waals surface area contributed by atoms with Crippen LogP contribution in [0.5, 0.6) is 5.75 Å². The van der Waals surface area contributed by atoms with Crippen molar-refractivity contribution in [3.63, 3.8) is 0 Å². The summed E-state index contributed by atoms with van der Waals surface area (Å²) in [6.45, 7) is 8.10. The quantitative estimate of drug-likeness (QED) is 0.154. The lowest BCUT2D eigenvalue weighted by atomic mass is 10.2.